The summed E-state index contributed by atoms with van der Waals surface area (Å²) in [6, 6.07) is 4.74. The van der Waals surface area contributed by atoms with Gasteiger partial charge in [0.2, 0.25) is 0 Å². The number of hydrogen-bond acceptors (Lipinski definition) is 3. The number of quaternary nitrogens is 1. The van der Waals surface area contributed by atoms with Crippen molar-refractivity contribution in [2.24, 2.45) is 0 Å². The van der Waals surface area contributed by atoms with Gasteiger partial charge in [0.05, 0.1) is 38.7 Å². The third-order valence-electron chi connectivity index (χ3n) is 4.19. The Morgan fingerprint density at radius 2 is 2.17 bits per heavy atom. The molecule has 1 saturated heterocycles. The van der Waals surface area contributed by atoms with Gasteiger partial charge in [-0.1, -0.05) is 6.07 Å². The lowest BCUT2D eigenvalue weighted by Gasteiger charge is -2.31. The number of halogens is 1. The van der Waals surface area contributed by atoms with Gasteiger partial charge in [-0.25, -0.2) is 12.8 Å². The molecule has 1 aromatic carbocycles. The summed E-state index contributed by atoms with van der Waals surface area (Å²) in [7, 11) is 1.08. The second-order valence-corrected chi connectivity index (χ2v) is 9.22. The molecule has 0 aromatic heterocycles. The second kappa shape index (κ2) is 7.76. The average molecular weight is 375 g/mol. The minimum atomic E-state index is -2.99. The van der Waals surface area contributed by atoms with Gasteiger partial charge in [-0.2, -0.15) is 0 Å². The van der Waals surface area contributed by atoms with Crippen molar-refractivity contribution in [1.29, 1.82) is 0 Å². The molecular weight excluding hydrogens is 349 g/mol. The van der Waals surface area contributed by atoms with Crippen LogP contribution in [0.1, 0.15) is 12.0 Å². The summed E-state index contributed by atoms with van der Waals surface area (Å²) >= 11 is 5.49. The molecule has 1 aliphatic heterocycles. The van der Waals surface area contributed by atoms with Gasteiger partial charge in [0, 0.05) is 11.7 Å². The molecule has 0 aliphatic carbocycles. The highest BCUT2D eigenvalue weighted by Crippen LogP contribution is 2.20. The minimum Gasteiger partial charge on any atom is -0.339 e. The van der Waals surface area contributed by atoms with Crippen LogP contribution >= 0.6 is 12.2 Å². The van der Waals surface area contributed by atoms with Gasteiger partial charge in [0.25, 0.3) is 0 Å². The fourth-order valence-corrected chi connectivity index (χ4v) is 4.77. The van der Waals surface area contributed by atoms with E-state index in [2.05, 4.69) is 5.32 Å². The fourth-order valence-electron chi connectivity index (χ4n) is 2.68. The van der Waals surface area contributed by atoms with E-state index in [9.17, 15) is 12.8 Å². The number of aryl methyl sites for hydroxylation is 1. The number of hydrogen-bond donors (Lipinski definition) is 2. The Hall–Kier alpha value is -1.25. The third-order valence-corrected chi connectivity index (χ3v) is 6.27. The zero-order chi connectivity index (χ0) is 17.9. The Balaban J connectivity index is 2.12. The lowest BCUT2D eigenvalue weighted by atomic mass is 10.2. The molecule has 2 rings (SSSR count). The summed E-state index contributed by atoms with van der Waals surface area (Å²) in [5.74, 6) is 0.0282. The number of nitrogens with one attached hydrogen (secondary N) is 2. The largest absolute Gasteiger partial charge is 0.339 e. The summed E-state index contributed by atoms with van der Waals surface area (Å²) in [5, 5.41) is 3.50. The first-order chi connectivity index (χ1) is 11.2. The number of thiocarbonyl (C=S) groups is 1. The molecule has 134 valence electrons. The predicted octanol–water partition coefficient (Wildman–Crippen LogP) is 0.465. The van der Waals surface area contributed by atoms with E-state index in [1.807, 2.05) is 19.0 Å². The summed E-state index contributed by atoms with van der Waals surface area (Å²) in [6.07, 6.45) is 0.579. The number of nitrogens with zero attached hydrogens (tertiary/aromatic N) is 1. The van der Waals surface area contributed by atoms with E-state index in [1.54, 1.807) is 19.1 Å². The average Bonchev–Trinajstić information content (AvgIpc) is 2.83. The van der Waals surface area contributed by atoms with Gasteiger partial charge in [0.1, 0.15) is 5.82 Å². The Morgan fingerprint density at radius 3 is 2.71 bits per heavy atom. The molecule has 24 heavy (non-hydrogen) atoms. The number of rotatable bonds is 5. The molecule has 0 spiro atoms. The van der Waals surface area contributed by atoms with Crippen LogP contribution < -0.4 is 10.2 Å². The van der Waals surface area contributed by atoms with Gasteiger partial charge in [-0.05, 0) is 43.3 Å². The molecule has 1 aliphatic rings. The molecule has 5 nitrogen and oxygen atoms in total. The smallest absolute Gasteiger partial charge is 0.173 e. The highest BCUT2D eigenvalue weighted by Gasteiger charge is 2.33. The molecule has 0 unspecified atom stereocenters. The molecule has 8 heteroatoms. The summed E-state index contributed by atoms with van der Waals surface area (Å²) < 4.78 is 37.3. The Kier molecular flexibility index (Phi) is 6.17. The highest BCUT2D eigenvalue weighted by molar-refractivity contribution is 7.91. The summed E-state index contributed by atoms with van der Waals surface area (Å²) in [4.78, 5) is 3.19. The van der Waals surface area contributed by atoms with Crippen LogP contribution in [0.15, 0.2) is 18.2 Å². The maximum atomic E-state index is 13.7. The van der Waals surface area contributed by atoms with Crippen LogP contribution in [0, 0.1) is 12.7 Å². The third kappa shape index (κ3) is 5.12. The van der Waals surface area contributed by atoms with Crippen molar-refractivity contribution in [3.8, 4) is 0 Å². The molecule has 1 aromatic rings. The van der Waals surface area contributed by atoms with Crippen molar-refractivity contribution in [3.05, 3.63) is 29.6 Å². The summed E-state index contributed by atoms with van der Waals surface area (Å²) in [5.41, 5.74) is 1.15. The number of anilines is 1. The van der Waals surface area contributed by atoms with E-state index in [1.165, 1.54) is 11.0 Å². The first-order valence-electron chi connectivity index (χ1n) is 8.01. The van der Waals surface area contributed by atoms with Gasteiger partial charge in [-0.15, -0.1) is 0 Å². The Labute approximate surface area is 148 Å². The first kappa shape index (κ1) is 19.1. The van der Waals surface area contributed by atoms with Crippen molar-refractivity contribution in [2.75, 3.05) is 44.0 Å². The van der Waals surface area contributed by atoms with Crippen LogP contribution in [0.3, 0.4) is 0 Å². The highest BCUT2D eigenvalue weighted by atomic mass is 32.2. The van der Waals surface area contributed by atoms with Gasteiger partial charge in [0.15, 0.2) is 14.9 Å². The SMILES string of the molecule is Cc1ccc(NC(=S)N(CC[NH+](C)C)[C@@H]2CCS(=O)(=O)C2)cc1F. The van der Waals surface area contributed by atoms with Crippen molar-refractivity contribution in [2.45, 2.75) is 19.4 Å². The number of likely N-dealkylation sites (N-methyl/N-ethyl adjacent to an activating group) is 1. The quantitative estimate of drug-likeness (QED) is 0.734. The number of sulfone groups is 1. The molecule has 1 fully saturated rings. The van der Waals surface area contributed by atoms with Gasteiger partial charge < -0.3 is 15.1 Å². The Bertz CT molecular complexity index is 707. The molecule has 2 N–H and O–H groups in total. The predicted molar refractivity (Wildman–Crippen MR) is 98.8 cm³/mol. The van der Waals surface area contributed by atoms with Crippen LogP contribution in [0.2, 0.25) is 0 Å². The lowest BCUT2D eigenvalue weighted by Crippen LogP contribution is -3.06. The van der Waals surface area contributed by atoms with E-state index < -0.39 is 9.84 Å². The van der Waals surface area contributed by atoms with Crippen molar-refractivity contribution < 1.29 is 17.7 Å². The van der Waals surface area contributed by atoms with E-state index >= 15 is 0 Å². The maximum Gasteiger partial charge on any atom is 0.173 e. The van der Waals surface area contributed by atoms with E-state index in [-0.39, 0.29) is 23.4 Å². The molecule has 0 bridgehead atoms. The zero-order valence-electron chi connectivity index (χ0n) is 14.3. The normalized spacial score (nSPS) is 19.5. The van der Waals surface area contributed by atoms with E-state index in [0.29, 0.717) is 29.3 Å². The summed E-state index contributed by atoms with van der Waals surface area (Å²) in [6.45, 7) is 3.19. The number of benzene rings is 1. The molecule has 0 amide bonds. The van der Waals surface area contributed by atoms with Crippen LogP contribution in [0.5, 0.6) is 0 Å². The van der Waals surface area contributed by atoms with Crippen molar-refractivity contribution >= 4 is 32.9 Å². The van der Waals surface area contributed by atoms with Gasteiger partial charge in [-0.3, -0.25) is 0 Å². The van der Waals surface area contributed by atoms with Crippen molar-refractivity contribution in [1.82, 2.24) is 4.90 Å². The minimum absolute atomic E-state index is 0.121. The van der Waals surface area contributed by atoms with Crippen LogP contribution in [0.25, 0.3) is 0 Å². The van der Waals surface area contributed by atoms with E-state index in [0.717, 1.165) is 6.54 Å². The fraction of sp³-hybridized carbons (Fsp3) is 0.562. The molecule has 1 atom stereocenters. The zero-order valence-corrected chi connectivity index (χ0v) is 15.9. The van der Waals surface area contributed by atoms with Crippen LogP contribution in [-0.4, -0.2) is 63.2 Å². The molecule has 0 saturated carbocycles. The standard InChI is InChI=1S/C16H24FN3O2S2/c1-12-4-5-13(10-15(12)17)18-16(23)20(8-7-19(2)3)14-6-9-24(21,22)11-14/h4-5,10,14H,6-9,11H2,1-3H3,(H,18,23)/p+1/t14-/m1/s1. The lowest BCUT2D eigenvalue weighted by molar-refractivity contribution is -0.857. The molecular formula is C16H25FN3O2S2+. The molecule has 1 heterocycles. The van der Waals surface area contributed by atoms with Crippen molar-refractivity contribution in [3.63, 3.8) is 0 Å². The second-order valence-electron chi connectivity index (χ2n) is 6.60. The topological polar surface area (TPSA) is 53.9 Å². The first-order valence-corrected chi connectivity index (χ1v) is 10.2. The van der Waals surface area contributed by atoms with E-state index in [4.69, 9.17) is 12.2 Å². The maximum absolute atomic E-state index is 13.7. The van der Waals surface area contributed by atoms with Gasteiger partial charge >= 0.3 is 0 Å². The Morgan fingerprint density at radius 1 is 1.46 bits per heavy atom. The van der Waals surface area contributed by atoms with Crippen LogP contribution in [-0.2, 0) is 9.84 Å². The molecule has 0 radical (unpaired) electrons. The van der Waals surface area contributed by atoms with Crippen LogP contribution in [0.4, 0.5) is 10.1 Å². The monoisotopic (exact) mass is 374 g/mol.